The monoisotopic (exact) mass is 653 g/mol. The van der Waals surface area contributed by atoms with Gasteiger partial charge in [0.05, 0.1) is 18.3 Å². The van der Waals surface area contributed by atoms with Crippen LogP contribution in [-0.2, 0) is 14.3 Å². The van der Waals surface area contributed by atoms with Crippen LogP contribution in [0.3, 0.4) is 0 Å². The number of hydrazine groups is 1. The number of likely N-dealkylation sites (tertiary alicyclic amines) is 1. The van der Waals surface area contributed by atoms with E-state index in [1.54, 1.807) is 20.8 Å². The predicted molar refractivity (Wildman–Crippen MR) is 190 cm³/mol. The molecule has 2 aromatic heterocycles. The summed E-state index contributed by atoms with van der Waals surface area (Å²) in [5.74, 6) is 0.239. The van der Waals surface area contributed by atoms with Crippen LogP contribution in [0.25, 0.3) is 15.9 Å². The van der Waals surface area contributed by atoms with Gasteiger partial charge in [0.25, 0.3) is 5.56 Å². The largest absolute Gasteiger partial charge is 0.467 e. The van der Waals surface area contributed by atoms with Crippen LogP contribution in [0.1, 0.15) is 122 Å². The Morgan fingerprint density at radius 3 is 2.04 bits per heavy atom. The third kappa shape index (κ3) is 17.4. The minimum atomic E-state index is -0.541. The molecule has 2 aromatic rings. The van der Waals surface area contributed by atoms with Gasteiger partial charge in [-0.05, 0) is 63.5 Å². The molecule has 0 saturated carbocycles. The number of hydrogen-bond donors (Lipinski definition) is 2. The molecule has 260 valence electrons. The maximum absolute atomic E-state index is 11.9. The van der Waals surface area contributed by atoms with E-state index in [1.165, 1.54) is 29.8 Å². The molecule has 1 saturated heterocycles. The van der Waals surface area contributed by atoms with Gasteiger partial charge in [0.2, 0.25) is 0 Å². The zero-order valence-electron chi connectivity index (χ0n) is 31.0. The van der Waals surface area contributed by atoms with Gasteiger partial charge in [-0.1, -0.05) is 75.7 Å². The third-order valence-corrected chi connectivity index (χ3v) is 5.98. The Balaban J connectivity index is 0. The summed E-state index contributed by atoms with van der Waals surface area (Å²) in [5, 5.41) is 3.76. The molecule has 0 spiro atoms. The molecule has 4 rings (SSSR count). The number of carbonyl (C=O) groups is 2. The van der Waals surface area contributed by atoms with E-state index in [4.69, 9.17) is 4.74 Å². The van der Waals surface area contributed by atoms with Gasteiger partial charge >= 0.3 is 12.1 Å². The van der Waals surface area contributed by atoms with Gasteiger partial charge in [-0.15, -0.1) is 11.3 Å². The predicted octanol–water partition coefficient (Wildman–Crippen LogP) is 8.24. The van der Waals surface area contributed by atoms with Gasteiger partial charge in [-0.3, -0.25) is 9.69 Å². The fourth-order valence-electron chi connectivity index (χ4n) is 3.68. The number of nitrogens with zero attached hydrogens (tertiary/aromatic N) is 3. The van der Waals surface area contributed by atoms with E-state index >= 15 is 0 Å². The van der Waals surface area contributed by atoms with Gasteiger partial charge in [-0.25, -0.2) is 20.0 Å². The molecule has 0 bridgehead atoms. The summed E-state index contributed by atoms with van der Waals surface area (Å²) in [5.41, 5.74) is 4.75. The number of aromatic nitrogens is 2. The lowest BCUT2D eigenvalue weighted by Crippen LogP contribution is -2.43. The molecule has 2 atom stereocenters. The summed E-state index contributed by atoms with van der Waals surface area (Å²) < 4.78 is 10.6. The zero-order chi connectivity index (χ0) is 35.5. The second kappa shape index (κ2) is 21.8. The van der Waals surface area contributed by atoms with Crippen LogP contribution in [0.4, 0.5) is 4.79 Å². The molecule has 0 aromatic carbocycles. The first-order valence-electron chi connectivity index (χ1n) is 16.2. The van der Waals surface area contributed by atoms with E-state index in [2.05, 4.69) is 61.7 Å². The molecular formula is C34H63N5O5S. The lowest BCUT2D eigenvalue weighted by molar-refractivity contribution is -0.145. The topological polar surface area (TPSA) is 117 Å². The summed E-state index contributed by atoms with van der Waals surface area (Å²) in [4.78, 5) is 43.8. The van der Waals surface area contributed by atoms with E-state index in [-0.39, 0.29) is 17.6 Å². The molecule has 2 N–H and O–H groups in total. The van der Waals surface area contributed by atoms with Crippen molar-refractivity contribution in [2.75, 3.05) is 20.7 Å². The van der Waals surface area contributed by atoms with Crippen LogP contribution in [0, 0.1) is 5.41 Å². The number of esters is 1. The number of ether oxygens (including phenoxy) is 2. The lowest BCUT2D eigenvalue weighted by Gasteiger charge is -2.27. The van der Waals surface area contributed by atoms with Gasteiger partial charge in [-0.2, -0.15) is 0 Å². The number of rotatable bonds is 2. The van der Waals surface area contributed by atoms with E-state index < -0.39 is 17.7 Å². The SMILES string of the molecule is CC.CC.CC(C)(C)C.CC1C=C(c2nc3ccsc3c(=O)[nH]2)N(C)N1.CCC.COC(=O)C1CCCN1C(=O)OC(C)(C)C. The number of nitrogens with one attached hydrogen (secondary N) is 2. The smallest absolute Gasteiger partial charge is 0.411 e. The van der Waals surface area contributed by atoms with Crippen molar-refractivity contribution in [1.82, 2.24) is 25.3 Å². The Hall–Kier alpha value is -2.92. The lowest BCUT2D eigenvalue weighted by atomic mass is 10.0. The minimum Gasteiger partial charge on any atom is -0.467 e. The normalized spacial score (nSPS) is 16.9. The van der Waals surface area contributed by atoms with Crippen molar-refractivity contribution in [1.29, 1.82) is 0 Å². The first-order chi connectivity index (χ1) is 20.9. The number of methoxy groups -OCH3 is 1. The molecule has 10 nitrogen and oxygen atoms in total. The summed E-state index contributed by atoms with van der Waals surface area (Å²) in [6.45, 7) is 29.0. The number of amides is 1. The van der Waals surface area contributed by atoms with Gasteiger partial charge in [0.15, 0.2) is 5.82 Å². The maximum Gasteiger partial charge on any atom is 0.411 e. The fourth-order valence-corrected chi connectivity index (χ4v) is 4.41. The molecule has 1 amide bonds. The molecular weight excluding hydrogens is 590 g/mol. The molecule has 11 heteroatoms. The van der Waals surface area contributed by atoms with Crippen LogP contribution < -0.4 is 11.0 Å². The van der Waals surface area contributed by atoms with E-state index in [9.17, 15) is 14.4 Å². The van der Waals surface area contributed by atoms with Gasteiger partial charge in [0.1, 0.15) is 16.3 Å². The Morgan fingerprint density at radius 2 is 1.60 bits per heavy atom. The molecule has 0 aliphatic carbocycles. The standard InChI is InChI=1S/C11H12N4OS.C11H19NO4.C5H12.C3H8.2C2H6/c1-6-5-8(15(2)14-6)10-12-7-3-4-17-9(7)11(16)13-10;1-11(2,3)16-10(14)12-7-5-6-8(12)9(13)15-4;1-5(2,3)4;1-3-2;2*1-2/h3-6,14H,1-2H3,(H,12,13,16);8H,5-7H2,1-4H3;1-4H3;3H2,1-2H3;2*1-2H3. The van der Waals surface area contributed by atoms with Crippen molar-refractivity contribution in [2.45, 2.75) is 134 Å². The summed E-state index contributed by atoms with van der Waals surface area (Å²) in [6, 6.07) is 1.63. The molecule has 45 heavy (non-hydrogen) atoms. The molecule has 4 heterocycles. The summed E-state index contributed by atoms with van der Waals surface area (Å²) >= 11 is 1.41. The maximum atomic E-state index is 11.9. The average molecular weight is 654 g/mol. The van der Waals surface area contributed by atoms with E-state index in [1.807, 2.05) is 64.2 Å². The number of hydrogen-bond acceptors (Lipinski definition) is 9. The summed E-state index contributed by atoms with van der Waals surface area (Å²) in [7, 11) is 3.24. The summed E-state index contributed by atoms with van der Waals surface area (Å²) in [6.07, 6.45) is 4.29. The van der Waals surface area contributed by atoms with Crippen molar-refractivity contribution in [3.05, 3.63) is 33.7 Å². The number of carbonyl (C=O) groups excluding carboxylic acids is 2. The molecule has 1 fully saturated rings. The van der Waals surface area contributed by atoms with Crippen molar-refractivity contribution < 1.29 is 19.1 Å². The molecule has 2 unspecified atom stereocenters. The second-order valence-electron chi connectivity index (χ2n) is 12.6. The van der Waals surface area contributed by atoms with E-state index in [0.717, 1.165) is 17.6 Å². The highest BCUT2D eigenvalue weighted by atomic mass is 32.1. The fraction of sp³-hybridized carbons (Fsp3) is 0.706. The number of aromatic amines is 1. The highest BCUT2D eigenvalue weighted by molar-refractivity contribution is 7.17. The number of H-pyrrole nitrogens is 1. The number of thiophene rings is 1. The van der Waals surface area contributed by atoms with Crippen molar-refractivity contribution >= 4 is 39.3 Å². The van der Waals surface area contributed by atoms with Crippen molar-refractivity contribution in [3.8, 4) is 0 Å². The van der Waals surface area contributed by atoms with Crippen LogP contribution >= 0.6 is 11.3 Å². The Kier molecular flexibility index (Phi) is 21.4. The first-order valence-corrected chi connectivity index (χ1v) is 17.1. The second-order valence-corrected chi connectivity index (χ2v) is 13.6. The van der Waals surface area contributed by atoms with Gasteiger partial charge in [0, 0.05) is 19.6 Å². The Bertz CT molecular complexity index is 1200. The first kappa shape index (κ1) is 44.2. The van der Waals surface area contributed by atoms with Crippen LogP contribution in [0.15, 0.2) is 22.3 Å². The van der Waals surface area contributed by atoms with Crippen molar-refractivity contribution in [3.63, 3.8) is 0 Å². The Morgan fingerprint density at radius 1 is 1.07 bits per heavy atom. The average Bonchev–Trinajstić information content (AvgIpc) is 3.69. The van der Waals surface area contributed by atoms with Gasteiger partial charge < -0.3 is 19.5 Å². The molecule has 0 radical (unpaired) electrons. The van der Waals surface area contributed by atoms with Crippen LogP contribution in [0.2, 0.25) is 0 Å². The Labute approximate surface area is 276 Å². The number of fused-ring (bicyclic) bond motifs is 1. The molecule has 2 aliphatic rings. The quantitative estimate of drug-likeness (QED) is 0.311. The van der Waals surface area contributed by atoms with Crippen molar-refractivity contribution in [2.24, 2.45) is 5.41 Å². The zero-order valence-corrected chi connectivity index (χ0v) is 31.8. The highest BCUT2D eigenvalue weighted by Crippen LogP contribution is 2.22. The third-order valence-electron chi connectivity index (χ3n) is 5.08. The van der Waals surface area contributed by atoms with E-state index in [0.29, 0.717) is 28.9 Å². The van der Waals surface area contributed by atoms with Crippen LogP contribution in [-0.4, -0.2) is 70.3 Å². The minimum absolute atomic E-state index is 0.0751. The molecule has 2 aliphatic heterocycles. The van der Waals surface area contributed by atoms with Crippen LogP contribution in [0.5, 0.6) is 0 Å². The highest BCUT2D eigenvalue weighted by Gasteiger charge is 2.37.